The number of carbonyl (C=O) groups excluding carboxylic acids is 2. The molecule has 182 valence electrons. The SMILES string of the molecule is O=C(OC(C(=O)Nc1cc(Cl)cc(Cl)c1)c1ccccc1)c1cc(-c2ccncc2)nc2ccccc12. The number of benzene rings is 3. The number of hydrogen-bond donors (Lipinski definition) is 1. The molecule has 2 heterocycles. The molecule has 37 heavy (non-hydrogen) atoms. The van der Waals surface area contributed by atoms with Crippen LogP contribution in [0.15, 0.2) is 103 Å². The van der Waals surface area contributed by atoms with E-state index in [9.17, 15) is 9.59 Å². The summed E-state index contributed by atoms with van der Waals surface area (Å²) in [6.45, 7) is 0. The molecule has 5 rings (SSSR count). The van der Waals surface area contributed by atoms with Gasteiger partial charge in [-0.2, -0.15) is 0 Å². The minimum Gasteiger partial charge on any atom is -0.444 e. The molecule has 5 aromatic rings. The van der Waals surface area contributed by atoms with E-state index in [1.54, 1.807) is 67.0 Å². The number of amides is 1. The van der Waals surface area contributed by atoms with Crippen LogP contribution in [-0.2, 0) is 9.53 Å². The number of nitrogens with one attached hydrogen (secondary N) is 1. The fraction of sp³-hybridized carbons (Fsp3) is 0.0345. The Bertz CT molecular complexity index is 1570. The summed E-state index contributed by atoms with van der Waals surface area (Å²) in [5, 5.41) is 4.09. The summed E-state index contributed by atoms with van der Waals surface area (Å²) in [5.74, 6) is -1.22. The van der Waals surface area contributed by atoms with E-state index < -0.39 is 18.0 Å². The topological polar surface area (TPSA) is 81.2 Å². The van der Waals surface area contributed by atoms with Crippen LogP contribution in [0.25, 0.3) is 22.2 Å². The first-order valence-electron chi connectivity index (χ1n) is 11.3. The quantitative estimate of drug-likeness (QED) is 0.237. The first-order valence-corrected chi connectivity index (χ1v) is 12.1. The Morgan fingerprint density at radius 3 is 2.22 bits per heavy atom. The lowest BCUT2D eigenvalue weighted by Crippen LogP contribution is -2.26. The van der Waals surface area contributed by atoms with E-state index >= 15 is 0 Å². The number of pyridine rings is 2. The molecule has 8 heteroatoms. The Morgan fingerprint density at radius 2 is 1.49 bits per heavy atom. The number of nitrogens with zero attached hydrogens (tertiary/aromatic N) is 2. The number of ether oxygens (including phenoxy) is 1. The van der Waals surface area contributed by atoms with Crippen molar-refractivity contribution in [1.82, 2.24) is 9.97 Å². The predicted octanol–water partition coefficient (Wildman–Crippen LogP) is 7.14. The van der Waals surface area contributed by atoms with Crippen molar-refractivity contribution in [2.45, 2.75) is 6.10 Å². The van der Waals surface area contributed by atoms with Gasteiger partial charge in [-0.25, -0.2) is 9.78 Å². The number of hydrogen-bond acceptors (Lipinski definition) is 5. The normalized spacial score (nSPS) is 11.6. The minimum atomic E-state index is -1.23. The third kappa shape index (κ3) is 5.61. The Labute approximate surface area is 222 Å². The van der Waals surface area contributed by atoms with Crippen molar-refractivity contribution in [3.63, 3.8) is 0 Å². The maximum atomic E-state index is 13.6. The van der Waals surface area contributed by atoms with E-state index in [0.717, 1.165) is 5.56 Å². The molecule has 0 saturated carbocycles. The highest BCUT2D eigenvalue weighted by Gasteiger charge is 2.27. The van der Waals surface area contributed by atoms with Gasteiger partial charge < -0.3 is 10.1 Å². The van der Waals surface area contributed by atoms with Crippen LogP contribution >= 0.6 is 23.2 Å². The number of para-hydroxylation sites is 1. The largest absolute Gasteiger partial charge is 0.444 e. The van der Waals surface area contributed by atoms with Crippen molar-refractivity contribution in [2.75, 3.05) is 5.32 Å². The molecule has 0 radical (unpaired) electrons. The molecule has 0 aliphatic heterocycles. The highest BCUT2D eigenvalue weighted by Crippen LogP contribution is 2.29. The summed E-state index contributed by atoms with van der Waals surface area (Å²) in [6, 6.07) is 26.0. The van der Waals surface area contributed by atoms with E-state index in [1.165, 1.54) is 0 Å². The fourth-order valence-corrected chi connectivity index (χ4v) is 4.45. The molecule has 0 aliphatic rings. The first kappa shape index (κ1) is 24.4. The first-order chi connectivity index (χ1) is 18.0. The summed E-state index contributed by atoms with van der Waals surface area (Å²) in [7, 11) is 0. The van der Waals surface area contributed by atoms with Gasteiger partial charge >= 0.3 is 5.97 Å². The van der Waals surface area contributed by atoms with Crippen LogP contribution in [0, 0.1) is 0 Å². The molecule has 0 fully saturated rings. The van der Waals surface area contributed by atoms with E-state index in [0.29, 0.717) is 37.9 Å². The Kier molecular flexibility index (Phi) is 7.12. The molecular formula is C29H19Cl2N3O3. The highest BCUT2D eigenvalue weighted by atomic mass is 35.5. The minimum absolute atomic E-state index is 0.289. The summed E-state index contributed by atoms with van der Waals surface area (Å²) in [6.07, 6.45) is 2.08. The molecular weight excluding hydrogens is 509 g/mol. The van der Waals surface area contributed by atoms with Crippen molar-refractivity contribution in [3.8, 4) is 11.3 Å². The number of fused-ring (bicyclic) bond motifs is 1. The number of aromatic nitrogens is 2. The lowest BCUT2D eigenvalue weighted by molar-refractivity contribution is -0.125. The van der Waals surface area contributed by atoms with E-state index in [4.69, 9.17) is 32.9 Å². The molecule has 1 N–H and O–H groups in total. The Balaban J connectivity index is 1.52. The number of carbonyl (C=O) groups is 2. The molecule has 1 amide bonds. The highest BCUT2D eigenvalue weighted by molar-refractivity contribution is 6.35. The van der Waals surface area contributed by atoms with Gasteiger partial charge in [0.25, 0.3) is 5.91 Å². The van der Waals surface area contributed by atoms with Crippen LogP contribution in [0.1, 0.15) is 22.0 Å². The van der Waals surface area contributed by atoms with Crippen molar-refractivity contribution >= 4 is 51.7 Å². The average molecular weight is 528 g/mol. The van der Waals surface area contributed by atoms with Crippen LogP contribution in [0.4, 0.5) is 5.69 Å². The second kappa shape index (κ2) is 10.8. The van der Waals surface area contributed by atoms with Crippen LogP contribution < -0.4 is 5.32 Å². The van der Waals surface area contributed by atoms with E-state index in [2.05, 4.69) is 10.3 Å². The molecule has 2 aromatic heterocycles. The maximum absolute atomic E-state index is 13.6. The molecule has 0 bridgehead atoms. The number of halogens is 2. The second-order valence-electron chi connectivity index (χ2n) is 8.15. The molecule has 1 unspecified atom stereocenters. The molecule has 3 aromatic carbocycles. The number of esters is 1. The average Bonchev–Trinajstić information content (AvgIpc) is 2.91. The summed E-state index contributed by atoms with van der Waals surface area (Å²) < 4.78 is 5.86. The van der Waals surface area contributed by atoms with Gasteiger partial charge in [-0.1, -0.05) is 71.7 Å². The zero-order valence-electron chi connectivity index (χ0n) is 19.3. The lowest BCUT2D eigenvalue weighted by atomic mass is 10.0. The van der Waals surface area contributed by atoms with Gasteiger partial charge in [-0.15, -0.1) is 0 Å². The smallest absolute Gasteiger partial charge is 0.340 e. The second-order valence-corrected chi connectivity index (χ2v) is 9.02. The zero-order valence-corrected chi connectivity index (χ0v) is 20.8. The van der Waals surface area contributed by atoms with Crippen LogP contribution in [0.3, 0.4) is 0 Å². The van der Waals surface area contributed by atoms with Crippen LogP contribution in [0.5, 0.6) is 0 Å². The Morgan fingerprint density at radius 1 is 0.811 bits per heavy atom. The van der Waals surface area contributed by atoms with Gasteiger partial charge in [-0.3, -0.25) is 9.78 Å². The molecule has 1 atom stereocenters. The molecule has 0 spiro atoms. The summed E-state index contributed by atoms with van der Waals surface area (Å²) in [4.78, 5) is 35.7. The van der Waals surface area contributed by atoms with Crippen LogP contribution in [0.2, 0.25) is 10.0 Å². The third-order valence-corrected chi connectivity index (χ3v) is 6.04. The van der Waals surface area contributed by atoms with Gasteiger partial charge in [0.15, 0.2) is 0 Å². The Hall–Kier alpha value is -4.26. The number of anilines is 1. The van der Waals surface area contributed by atoms with Gasteiger partial charge in [-0.05, 0) is 42.5 Å². The molecule has 0 aliphatic carbocycles. The standard InChI is InChI=1S/C29H19Cl2N3O3/c30-20-14-21(31)16-22(15-20)33-28(35)27(19-6-2-1-3-7-19)37-29(36)24-17-26(18-10-12-32-13-11-18)34-25-9-5-4-8-23(24)25/h1-17,27H,(H,33,35). The zero-order chi connectivity index (χ0) is 25.8. The number of rotatable bonds is 6. The maximum Gasteiger partial charge on any atom is 0.340 e. The summed E-state index contributed by atoms with van der Waals surface area (Å²) >= 11 is 12.2. The van der Waals surface area contributed by atoms with Gasteiger partial charge in [0.05, 0.1) is 16.8 Å². The van der Waals surface area contributed by atoms with Crippen LogP contribution in [-0.4, -0.2) is 21.8 Å². The van der Waals surface area contributed by atoms with Gasteiger partial charge in [0.1, 0.15) is 0 Å². The van der Waals surface area contributed by atoms with E-state index in [1.807, 2.05) is 36.4 Å². The molecule has 0 saturated heterocycles. The lowest BCUT2D eigenvalue weighted by Gasteiger charge is -2.19. The monoisotopic (exact) mass is 527 g/mol. The van der Waals surface area contributed by atoms with Gasteiger partial charge in [0, 0.05) is 44.6 Å². The van der Waals surface area contributed by atoms with E-state index in [-0.39, 0.29) is 5.56 Å². The van der Waals surface area contributed by atoms with Crippen molar-refractivity contribution in [1.29, 1.82) is 0 Å². The van der Waals surface area contributed by atoms with Crippen molar-refractivity contribution < 1.29 is 14.3 Å². The third-order valence-electron chi connectivity index (χ3n) is 5.61. The fourth-order valence-electron chi connectivity index (χ4n) is 3.92. The molecule has 6 nitrogen and oxygen atoms in total. The van der Waals surface area contributed by atoms with Crippen molar-refractivity contribution in [3.05, 3.63) is 125 Å². The van der Waals surface area contributed by atoms with Crippen molar-refractivity contribution in [2.24, 2.45) is 0 Å². The summed E-state index contributed by atoms with van der Waals surface area (Å²) in [5.41, 5.74) is 3.19. The predicted molar refractivity (Wildman–Crippen MR) is 145 cm³/mol. The van der Waals surface area contributed by atoms with Gasteiger partial charge in [0.2, 0.25) is 6.10 Å².